The fraction of sp³-hybridized carbons (Fsp3) is 0.400. The smallest absolute Gasteiger partial charge is 0.187 e. The van der Waals surface area contributed by atoms with Crippen molar-refractivity contribution < 1.29 is 9.59 Å². The molecule has 1 unspecified atom stereocenters. The maximum absolute atomic E-state index is 12.3. The summed E-state index contributed by atoms with van der Waals surface area (Å²) in [4.78, 5) is 25.2. The molecule has 0 bridgehead atoms. The van der Waals surface area contributed by atoms with Crippen LogP contribution in [0.15, 0.2) is 23.1 Å². The van der Waals surface area contributed by atoms with Gasteiger partial charge in [0.2, 0.25) is 0 Å². The number of Topliss-reactive ketones (excluding diaryl/α,β-unsaturated/α-hetero) is 2. The fourth-order valence-electron chi connectivity index (χ4n) is 1.99. The minimum Gasteiger partial charge on any atom is -0.297 e. The third-order valence-corrected chi connectivity index (χ3v) is 4.23. The highest BCUT2D eigenvalue weighted by molar-refractivity contribution is 7.98. The van der Waals surface area contributed by atoms with Crippen LogP contribution in [-0.2, 0) is 4.79 Å². The van der Waals surface area contributed by atoms with Gasteiger partial charge in [0.25, 0.3) is 0 Å². The van der Waals surface area contributed by atoms with E-state index in [-0.39, 0.29) is 17.5 Å². The van der Waals surface area contributed by atoms with Crippen molar-refractivity contribution in [1.82, 2.24) is 0 Å². The van der Waals surface area contributed by atoms with Crippen LogP contribution in [-0.4, -0.2) is 17.8 Å². The van der Waals surface area contributed by atoms with Crippen LogP contribution < -0.4 is 0 Å². The van der Waals surface area contributed by atoms with E-state index in [2.05, 4.69) is 0 Å². The number of nitrogens with zero attached hydrogens (tertiary/aromatic N) is 1. The standard InChI is InChI=1S/C15H15NO2S/c1-9-3-4-11(7-13(9)19-2)15(18)12(8-16)14(17)10-5-6-10/h3-4,7,10,12H,5-6H2,1-2H3. The van der Waals surface area contributed by atoms with Gasteiger partial charge in [0.15, 0.2) is 17.5 Å². The Kier molecular flexibility index (Phi) is 4.06. The van der Waals surface area contributed by atoms with E-state index in [0.29, 0.717) is 5.56 Å². The van der Waals surface area contributed by atoms with Gasteiger partial charge in [-0.3, -0.25) is 9.59 Å². The summed E-state index contributed by atoms with van der Waals surface area (Å²) in [6, 6.07) is 7.19. The molecule has 1 saturated carbocycles. The van der Waals surface area contributed by atoms with E-state index in [1.807, 2.05) is 25.3 Å². The molecule has 4 heteroatoms. The molecule has 1 fully saturated rings. The van der Waals surface area contributed by atoms with Gasteiger partial charge in [0, 0.05) is 16.4 Å². The van der Waals surface area contributed by atoms with Crippen molar-refractivity contribution in [3.05, 3.63) is 29.3 Å². The van der Waals surface area contributed by atoms with Crippen LogP contribution in [0.4, 0.5) is 0 Å². The summed E-state index contributed by atoms with van der Waals surface area (Å²) in [6.07, 6.45) is 3.57. The number of nitriles is 1. The number of aryl methyl sites for hydroxylation is 1. The fourth-order valence-corrected chi connectivity index (χ4v) is 2.63. The quantitative estimate of drug-likeness (QED) is 0.470. The summed E-state index contributed by atoms with van der Waals surface area (Å²) >= 11 is 1.55. The van der Waals surface area contributed by atoms with Crippen molar-refractivity contribution in [2.45, 2.75) is 24.7 Å². The van der Waals surface area contributed by atoms with Crippen molar-refractivity contribution in [3.8, 4) is 6.07 Å². The van der Waals surface area contributed by atoms with E-state index in [0.717, 1.165) is 23.3 Å². The molecule has 1 aliphatic carbocycles. The predicted molar refractivity (Wildman–Crippen MR) is 74.1 cm³/mol. The first-order chi connectivity index (χ1) is 9.08. The Hall–Kier alpha value is -1.60. The normalized spacial score (nSPS) is 15.6. The van der Waals surface area contributed by atoms with Crippen LogP contribution in [0.5, 0.6) is 0 Å². The minimum absolute atomic E-state index is 0.0703. The van der Waals surface area contributed by atoms with Crippen molar-refractivity contribution in [1.29, 1.82) is 5.26 Å². The molecule has 0 aliphatic heterocycles. The Bertz CT molecular complexity index is 570. The highest BCUT2D eigenvalue weighted by Crippen LogP contribution is 2.33. The first kappa shape index (κ1) is 13.8. The lowest BCUT2D eigenvalue weighted by Crippen LogP contribution is -2.24. The zero-order valence-electron chi connectivity index (χ0n) is 11.0. The van der Waals surface area contributed by atoms with Gasteiger partial charge in [0.1, 0.15) is 0 Å². The minimum atomic E-state index is -1.13. The van der Waals surface area contributed by atoms with Gasteiger partial charge in [-0.2, -0.15) is 5.26 Å². The molecule has 98 valence electrons. The lowest BCUT2D eigenvalue weighted by molar-refractivity contribution is -0.121. The summed E-state index contributed by atoms with van der Waals surface area (Å²) in [5.41, 5.74) is 1.54. The SMILES string of the molecule is CSc1cc(C(=O)C(C#N)C(=O)C2CC2)ccc1C. The number of hydrogen-bond acceptors (Lipinski definition) is 4. The molecule has 3 nitrogen and oxygen atoms in total. The molecular weight excluding hydrogens is 258 g/mol. The van der Waals surface area contributed by atoms with Crippen LogP contribution in [0, 0.1) is 30.1 Å². The molecule has 2 rings (SSSR count). The van der Waals surface area contributed by atoms with Gasteiger partial charge in [-0.05, 0) is 37.7 Å². The number of ketones is 2. The maximum Gasteiger partial charge on any atom is 0.187 e. The van der Waals surface area contributed by atoms with Crippen molar-refractivity contribution in [3.63, 3.8) is 0 Å². The number of thioether (sulfide) groups is 1. The predicted octanol–water partition coefficient (Wildman–Crippen LogP) is 3.02. The second kappa shape index (κ2) is 5.58. The molecule has 19 heavy (non-hydrogen) atoms. The number of benzene rings is 1. The molecule has 0 aromatic heterocycles. The number of rotatable bonds is 5. The molecule has 0 heterocycles. The summed E-state index contributed by atoms with van der Waals surface area (Å²) in [5.74, 6) is -1.78. The van der Waals surface area contributed by atoms with Gasteiger partial charge in [-0.25, -0.2) is 0 Å². The average Bonchev–Trinajstić information content (AvgIpc) is 3.24. The molecule has 0 radical (unpaired) electrons. The zero-order chi connectivity index (χ0) is 14.0. The second-order valence-electron chi connectivity index (χ2n) is 4.79. The summed E-state index contributed by atoms with van der Waals surface area (Å²) in [5, 5.41) is 9.09. The first-order valence-electron chi connectivity index (χ1n) is 6.20. The second-order valence-corrected chi connectivity index (χ2v) is 5.64. The number of carbonyl (C=O) groups excluding carboxylic acids is 2. The van der Waals surface area contributed by atoms with Crippen LogP contribution in [0.1, 0.15) is 28.8 Å². The molecule has 0 N–H and O–H groups in total. The summed E-state index contributed by atoms with van der Waals surface area (Å²) in [7, 11) is 0. The van der Waals surface area contributed by atoms with Crippen LogP contribution in [0.25, 0.3) is 0 Å². The number of carbonyl (C=O) groups is 2. The van der Waals surface area contributed by atoms with Gasteiger partial charge in [0.05, 0.1) is 6.07 Å². The van der Waals surface area contributed by atoms with Gasteiger partial charge >= 0.3 is 0 Å². The van der Waals surface area contributed by atoms with Gasteiger partial charge < -0.3 is 0 Å². The summed E-state index contributed by atoms with van der Waals surface area (Å²) in [6.45, 7) is 1.97. The van der Waals surface area contributed by atoms with Gasteiger partial charge in [-0.15, -0.1) is 11.8 Å². The van der Waals surface area contributed by atoms with Gasteiger partial charge in [-0.1, -0.05) is 12.1 Å². The molecule has 1 aromatic carbocycles. The van der Waals surface area contributed by atoms with Crippen LogP contribution in [0.3, 0.4) is 0 Å². The Labute approximate surface area is 117 Å². The van der Waals surface area contributed by atoms with Crippen molar-refractivity contribution in [2.75, 3.05) is 6.26 Å². The third kappa shape index (κ3) is 2.87. The molecule has 0 spiro atoms. The molecular formula is C15H15NO2S. The van der Waals surface area contributed by atoms with E-state index < -0.39 is 5.92 Å². The third-order valence-electron chi connectivity index (χ3n) is 3.35. The molecule has 1 aromatic rings. The first-order valence-corrected chi connectivity index (χ1v) is 7.43. The Morgan fingerprint density at radius 3 is 2.63 bits per heavy atom. The number of hydrogen-bond donors (Lipinski definition) is 0. The highest BCUT2D eigenvalue weighted by Gasteiger charge is 2.38. The molecule has 0 saturated heterocycles. The van der Waals surface area contributed by atoms with E-state index in [1.165, 1.54) is 0 Å². The monoisotopic (exact) mass is 273 g/mol. The van der Waals surface area contributed by atoms with E-state index in [9.17, 15) is 9.59 Å². The average molecular weight is 273 g/mol. The van der Waals surface area contributed by atoms with Crippen molar-refractivity contribution >= 4 is 23.3 Å². The van der Waals surface area contributed by atoms with Crippen LogP contribution >= 0.6 is 11.8 Å². The highest BCUT2D eigenvalue weighted by atomic mass is 32.2. The lowest BCUT2D eigenvalue weighted by Gasteiger charge is -2.09. The molecule has 1 atom stereocenters. The lowest BCUT2D eigenvalue weighted by atomic mass is 9.92. The Balaban J connectivity index is 2.27. The largest absolute Gasteiger partial charge is 0.297 e. The zero-order valence-corrected chi connectivity index (χ0v) is 11.8. The maximum atomic E-state index is 12.3. The Morgan fingerprint density at radius 1 is 1.42 bits per heavy atom. The topological polar surface area (TPSA) is 57.9 Å². The Morgan fingerprint density at radius 2 is 2.11 bits per heavy atom. The molecule has 1 aliphatic rings. The molecule has 0 amide bonds. The van der Waals surface area contributed by atoms with Crippen molar-refractivity contribution in [2.24, 2.45) is 11.8 Å². The van der Waals surface area contributed by atoms with Crippen LogP contribution in [0.2, 0.25) is 0 Å². The van der Waals surface area contributed by atoms with E-state index >= 15 is 0 Å². The van der Waals surface area contributed by atoms with E-state index in [1.54, 1.807) is 23.9 Å². The summed E-state index contributed by atoms with van der Waals surface area (Å²) < 4.78 is 0. The van der Waals surface area contributed by atoms with E-state index in [4.69, 9.17) is 5.26 Å².